The van der Waals surface area contributed by atoms with Crippen LogP contribution in [0.2, 0.25) is 0 Å². The van der Waals surface area contributed by atoms with E-state index in [-0.39, 0.29) is 4.90 Å². The Labute approximate surface area is 180 Å². The molecule has 0 aliphatic carbocycles. The first-order chi connectivity index (χ1) is 15.0. The zero-order chi connectivity index (χ0) is 21.7. The van der Waals surface area contributed by atoms with E-state index in [1.807, 2.05) is 42.6 Å². The fourth-order valence-corrected chi connectivity index (χ4v) is 4.57. The molecule has 0 saturated heterocycles. The molecule has 4 aromatic rings. The third kappa shape index (κ3) is 4.98. The molecule has 2 heterocycles. The number of hydrogen-bond donors (Lipinski definition) is 1. The van der Waals surface area contributed by atoms with Crippen LogP contribution >= 0.6 is 0 Å². The lowest BCUT2D eigenvalue weighted by atomic mass is 10.1. The van der Waals surface area contributed by atoms with Crippen LogP contribution in [-0.2, 0) is 16.6 Å². The van der Waals surface area contributed by atoms with Gasteiger partial charge in [-0.1, -0.05) is 36.8 Å². The van der Waals surface area contributed by atoms with Gasteiger partial charge in [0.05, 0.1) is 10.6 Å². The van der Waals surface area contributed by atoms with Crippen LogP contribution in [0.3, 0.4) is 0 Å². The molecule has 0 fully saturated rings. The predicted molar refractivity (Wildman–Crippen MR) is 118 cm³/mol. The second-order valence-corrected chi connectivity index (χ2v) is 9.01. The Morgan fingerprint density at radius 3 is 2.45 bits per heavy atom. The SMILES string of the molecule is O=S(=O)(NCCCCCn1ccc2c(-c3ccccc3)ncnc21)c1ccc(F)cc1. The third-order valence-corrected chi connectivity index (χ3v) is 6.57. The summed E-state index contributed by atoms with van der Waals surface area (Å²) >= 11 is 0. The summed E-state index contributed by atoms with van der Waals surface area (Å²) < 4.78 is 42.0. The van der Waals surface area contributed by atoms with Crippen LogP contribution in [0.25, 0.3) is 22.3 Å². The quantitative estimate of drug-likeness (QED) is 0.393. The number of sulfonamides is 1. The van der Waals surface area contributed by atoms with Crippen LogP contribution in [0, 0.1) is 5.82 Å². The van der Waals surface area contributed by atoms with E-state index in [4.69, 9.17) is 0 Å². The number of nitrogens with one attached hydrogen (secondary N) is 1. The van der Waals surface area contributed by atoms with Gasteiger partial charge in [-0.15, -0.1) is 0 Å². The maximum absolute atomic E-state index is 13.0. The normalized spacial score (nSPS) is 11.8. The minimum absolute atomic E-state index is 0.0709. The number of hydrogen-bond acceptors (Lipinski definition) is 4. The molecule has 0 atom stereocenters. The molecule has 6 nitrogen and oxygen atoms in total. The van der Waals surface area contributed by atoms with Gasteiger partial charge in [0.2, 0.25) is 10.0 Å². The van der Waals surface area contributed by atoms with E-state index in [9.17, 15) is 12.8 Å². The van der Waals surface area contributed by atoms with Gasteiger partial charge in [0.25, 0.3) is 0 Å². The van der Waals surface area contributed by atoms with E-state index in [0.29, 0.717) is 13.0 Å². The lowest BCUT2D eigenvalue weighted by Crippen LogP contribution is -2.24. The number of unbranched alkanes of at least 4 members (excludes halogenated alkanes) is 2. The van der Waals surface area contributed by atoms with E-state index >= 15 is 0 Å². The zero-order valence-electron chi connectivity index (χ0n) is 16.9. The van der Waals surface area contributed by atoms with E-state index in [1.54, 1.807) is 6.33 Å². The molecule has 0 saturated carbocycles. The molecule has 4 rings (SSSR count). The van der Waals surface area contributed by atoms with Crippen molar-refractivity contribution in [3.8, 4) is 11.3 Å². The van der Waals surface area contributed by atoms with Crippen molar-refractivity contribution in [3.05, 3.63) is 79.0 Å². The fourth-order valence-electron chi connectivity index (χ4n) is 3.50. The molecular formula is C23H23FN4O2S. The zero-order valence-corrected chi connectivity index (χ0v) is 17.7. The number of fused-ring (bicyclic) bond motifs is 1. The molecule has 0 radical (unpaired) electrons. The maximum Gasteiger partial charge on any atom is 0.240 e. The van der Waals surface area contributed by atoms with Gasteiger partial charge in [0, 0.05) is 30.2 Å². The molecule has 0 amide bonds. The van der Waals surface area contributed by atoms with Crippen LogP contribution in [0.15, 0.2) is 78.1 Å². The highest BCUT2D eigenvalue weighted by atomic mass is 32.2. The van der Waals surface area contributed by atoms with Crippen molar-refractivity contribution in [2.24, 2.45) is 0 Å². The molecule has 31 heavy (non-hydrogen) atoms. The molecule has 2 aromatic carbocycles. The Balaban J connectivity index is 1.30. The van der Waals surface area contributed by atoms with E-state index in [1.165, 1.54) is 12.1 Å². The Morgan fingerprint density at radius 1 is 0.903 bits per heavy atom. The summed E-state index contributed by atoms with van der Waals surface area (Å²) in [6, 6.07) is 16.9. The summed E-state index contributed by atoms with van der Waals surface area (Å²) in [6.07, 6.45) is 6.08. The van der Waals surface area contributed by atoms with Gasteiger partial charge >= 0.3 is 0 Å². The van der Waals surface area contributed by atoms with Crippen molar-refractivity contribution in [2.75, 3.05) is 6.54 Å². The number of aryl methyl sites for hydroxylation is 1. The molecule has 0 aliphatic heterocycles. The van der Waals surface area contributed by atoms with E-state index < -0.39 is 15.8 Å². The summed E-state index contributed by atoms with van der Waals surface area (Å²) in [5.41, 5.74) is 2.87. The lowest BCUT2D eigenvalue weighted by Gasteiger charge is -2.08. The van der Waals surface area contributed by atoms with Gasteiger partial charge in [-0.3, -0.25) is 0 Å². The Morgan fingerprint density at radius 2 is 1.68 bits per heavy atom. The molecule has 2 aromatic heterocycles. The largest absolute Gasteiger partial charge is 0.332 e. The van der Waals surface area contributed by atoms with Crippen molar-refractivity contribution < 1.29 is 12.8 Å². The predicted octanol–water partition coefficient (Wildman–Crippen LogP) is 4.39. The topological polar surface area (TPSA) is 76.9 Å². The minimum Gasteiger partial charge on any atom is -0.332 e. The molecule has 0 aliphatic rings. The smallest absolute Gasteiger partial charge is 0.240 e. The first-order valence-corrected chi connectivity index (χ1v) is 11.6. The summed E-state index contributed by atoms with van der Waals surface area (Å²) in [4.78, 5) is 8.97. The molecule has 160 valence electrons. The van der Waals surface area contributed by atoms with Gasteiger partial charge in [0.1, 0.15) is 17.8 Å². The highest BCUT2D eigenvalue weighted by Crippen LogP contribution is 2.26. The number of halogens is 1. The number of nitrogens with zero attached hydrogens (tertiary/aromatic N) is 3. The molecule has 1 N–H and O–H groups in total. The summed E-state index contributed by atoms with van der Waals surface area (Å²) in [6.45, 7) is 1.13. The second kappa shape index (κ2) is 9.36. The third-order valence-electron chi connectivity index (χ3n) is 5.10. The summed E-state index contributed by atoms with van der Waals surface area (Å²) in [5.74, 6) is -0.461. The van der Waals surface area contributed by atoms with Crippen LogP contribution < -0.4 is 4.72 Å². The average Bonchev–Trinajstić information content (AvgIpc) is 3.20. The van der Waals surface area contributed by atoms with Crippen molar-refractivity contribution in [1.82, 2.24) is 19.3 Å². The maximum atomic E-state index is 13.0. The lowest BCUT2D eigenvalue weighted by molar-refractivity contribution is 0.564. The van der Waals surface area contributed by atoms with Gasteiger partial charge in [-0.2, -0.15) is 0 Å². The van der Waals surface area contributed by atoms with Crippen LogP contribution in [0.4, 0.5) is 4.39 Å². The first-order valence-electron chi connectivity index (χ1n) is 10.1. The van der Waals surface area contributed by atoms with Gasteiger partial charge in [-0.05, 0) is 43.2 Å². The molecule has 0 bridgehead atoms. The second-order valence-electron chi connectivity index (χ2n) is 7.25. The Kier molecular flexibility index (Phi) is 6.39. The highest BCUT2D eigenvalue weighted by molar-refractivity contribution is 7.89. The highest BCUT2D eigenvalue weighted by Gasteiger charge is 2.13. The van der Waals surface area contributed by atoms with Crippen LogP contribution in [0.5, 0.6) is 0 Å². The molecule has 8 heteroatoms. The van der Waals surface area contributed by atoms with E-state index in [0.717, 1.165) is 53.8 Å². The van der Waals surface area contributed by atoms with Gasteiger partial charge in [0.15, 0.2) is 0 Å². The van der Waals surface area contributed by atoms with Gasteiger partial charge < -0.3 is 4.57 Å². The summed E-state index contributed by atoms with van der Waals surface area (Å²) in [5, 5.41) is 1.01. The molecule has 0 unspecified atom stereocenters. The van der Waals surface area contributed by atoms with Crippen molar-refractivity contribution in [1.29, 1.82) is 0 Å². The minimum atomic E-state index is -3.61. The van der Waals surface area contributed by atoms with Crippen molar-refractivity contribution in [3.63, 3.8) is 0 Å². The monoisotopic (exact) mass is 438 g/mol. The standard InChI is InChI=1S/C23H23FN4O2S/c24-19-9-11-20(12-10-19)31(29,30)27-14-5-2-6-15-28-16-13-21-22(25-17-26-23(21)28)18-7-3-1-4-8-18/h1,3-4,7-13,16-17,27H,2,5-6,14-15H2. The fraction of sp³-hybridized carbons (Fsp3) is 0.217. The Bertz CT molecular complexity index is 1260. The number of rotatable bonds is 9. The van der Waals surface area contributed by atoms with Crippen molar-refractivity contribution in [2.45, 2.75) is 30.7 Å². The number of aromatic nitrogens is 3. The van der Waals surface area contributed by atoms with Gasteiger partial charge in [-0.25, -0.2) is 27.5 Å². The van der Waals surface area contributed by atoms with E-state index in [2.05, 4.69) is 19.3 Å². The number of benzene rings is 2. The Hall–Kier alpha value is -3.10. The molecule has 0 spiro atoms. The molecular weight excluding hydrogens is 415 g/mol. The summed E-state index contributed by atoms with van der Waals surface area (Å²) in [7, 11) is -3.61. The average molecular weight is 439 g/mol. The van der Waals surface area contributed by atoms with Crippen molar-refractivity contribution >= 4 is 21.1 Å². The van der Waals surface area contributed by atoms with Crippen LogP contribution in [0.1, 0.15) is 19.3 Å². The first kappa shape index (κ1) is 21.1. The van der Waals surface area contributed by atoms with Crippen LogP contribution in [-0.4, -0.2) is 29.5 Å².